The van der Waals surface area contributed by atoms with Gasteiger partial charge in [-0.15, -0.1) is 11.3 Å². The summed E-state index contributed by atoms with van der Waals surface area (Å²) in [5.74, 6) is -0.0524. The van der Waals surface area contributed by atoms with E-state index in [0.717, 1.165) is 15.3 Å². The molecule has 0 saturated carbocycles. The third kappa shape index (κ3) is 2.44. The van der Waals surface area contributed by atoms with Crippen molar-refractivity contribution in [3.05, 3.63) is 45.6 Å². The minimum atomic E-state index is -0.0524. The molecular formula is C14H11ClN2OS2. The van der Waals surface area contributed by atoms with Gasteiger partial charge in [0.2, 0.25) is 0 Å². The minimum absolute atomic E-state index is 0.0524. The second-order valence-corrected chi connectivity index (χ2v) is 6.84. The van der Waals surface area contributed by atoms with Crippen LogP contribution in [0.4, 0.5) is 5.13 Å². The van der Waals surface area contributed by atoms with Crippen molar-refractivity contribution in [2.45, 2.75) is 6.92 Å². The number of carbonyl (C=O) groups is 1. The molecular weight excluding hydrogens is 312 g/mol. The molecule has 0 atom stereocenters. The molecule has 1 amide bonds. The Kier molecular flexibility index (Phi) is 3.74. The molecule has 0 N–H and O–H groups in total. The van der Waals surface area contributed by atoms with Crippen LogP contribution in [0.15, 0.2) is 36.4 Å². The van der Waals surface area contributed by atoms with E-state index in [0.29, 0.717) is 15.8 Å². The Labute approximate surface area is 129 Å². The van der Waals surface area contributed by atoms with E-state index >= 15 is 0 Å². The van der Waals surface area contributed by atoms with Gasteiger partial charge in [-0.1, -0.05) is 35.1 Å². The predicted molar refractivity (Wildman–Crippen MR) is 86.3 cm³/mol. The second kappa shape index (κ2) is 5.52. The first kappa shape index (κ1) is 13.5. The first-order valence-electron chi connectivity index (χ1n) is 6.12. The van der Waals surface area contributed by atoms with E-state index in [-0.39, 0.29) is 5.91 Å². The number of nitrogens with zero attached hydrogens (tertiary/aromatic N) is 2. The number of aromatic nitrogens is 1. The maximum absolute atomic E-state index is 12.5. The number of thiophene rings is 1. The van der Waals surface area contributed by atoms with Crippen molar-refractivity contribution in [2.24, 2.45) is 0 Å². The van der Waals surface area contributed by atoms with Crippen LogP contribution in [-0.2, 0) is 0 Å². The van der Waals surface area contributed by atoms with Crippen LogP contribution in [0.2, 0.25) is 4.34 Å². The molecule has 0 saturated heterocycles. The molecule has 0 fully saturated rings. The van der Waals surface area contributed by atoms with Gasteiger partial charge in [0.15, 0.2) is 5.13 Å². The van der Waals surface area contributed by atoms with Crippen molar-refractivity contribution in [3.63, 3.8) is 0 Å². The van der Waals surface area contributed by atoms with Crippen molar-refractivity contribution in [3.8, 4) is 0 Å². The molecule has 0 aliphatic rings. The SMILES string of the molecule is CCN(C(=O)c1ccc(Cl)s1)c1nc2ccccc2s1. The lowest BCUT2D eigenvalue weighted by molar-refractivity contribution is 0.0992. The first-order chi connectivity index (χ1) is 9.69. The molecule has 0 aliphatic carbocycles. The largest absolute Gasteiger partial charge is 0.284 e. The molecule has 102 valence electrons. The van der Waals surface area contributed by atoms with E-state index in [4.69, 9.17) is 11.6 Å². The highest BCUT2D eigenvalue weighted by atomic mass is 35.5. The maximum atomic E-state index is 12.5. The Balaban J connectivity index is 1.98. The van der Waals surface area contributed by atoms with Crippen LogP contribution in [-0.4, -0.2) is 17.4 Å². The Morgan fingerprint density at radius 3 is 2.70 bits per heavy atom. The van der Waals surface area contributed by atoms with Gasteiger partial charge >= 0.3 is 0 Å². The zero-order valence-corrected chi connectivity index (χ0v) is 13.1. The lowest BCUT2D eigenvalue weighted by Crippen LogP contribution is -2.29. The Bertz CT molecular complexity index is 732. The average Bonchev–Trinajstić information content (AvgIpc) is 3.05. The molecule has 3 aromatic rings. The van der Waals surface area contributed by atoms with E-state index in [1.54, 1.807) is 17.0 Å². The molecule has 1 aromatic carbocycles. The smallest absolute Gasteiger partial charge is 0.270 e. The van der Waals surface area contributed by atoms with Gasteiger partial charge in [-0.2, -0.15) is 0 Å². The van der Waals surface area contributed by atoms with Crippen LogP contribution in [0.3, 0.4) is 0 Å². The lowest BCUT2D eigenvalue weighted by Gasteiger charge is -2.16. The summed E-state index contributed by atoms with van der Waals surface area (Å²) < 4.78 is 1.70. The Morgan fingerprint density at radius 1 is 1.25 bits per heavy atom. The normalized spacial score (nSPS) is 10.9. The van der Waals surface area contributed by atoms with Crippen LogP contribution in [0.25, 0.3) is 10.2 Å². The fourth-order valence-corrected chi connectivity index (χ4v) is 3.92. The van der Waals surface area contributed by atoms with Crippen LogP contribution >= 0.6 is 34.3 Å². The summed E-state index contributed by atoms with van der Waals surface area (Å²) in [5, 5.41) is 0.725. The number of benzene rings is 1. The van der Waals surface area contributed by atoms with Crippen molar-refractivity contribution < 1.29 is 4.79 Å². The molecule has 3 nitrogen and oxygen atoms in total. The van der Waals surface area contributed by atoms with Gasteiger partial charge in [0, 0.05) is 6.54 Å². The third-order valence-corrected chi connectivity index (χ3v) is 5.14. The topological polar surface area (TPSA) is 33.2 Å². The quantitative estimate of drug-likeness (QED) is 0.701. The number of para-hydroxylation sites is 1. The van der Waals surface area contributed by atoms with E-state index < -0.39 is 0 Å². The maximum Gasteiger partial charge on any atom is 0.270 e. The molecule has 0 spiro atoms. The zero-order valence-electron chi connectivity index (χ0n) is 10.7. The summed E-state index contributed by atoms with van der Waals surface area (Å²) in [5.41, 5.74) is 0.919. The molecule has 0 aliphatic heterocycles. The molecule has 2 heterocycles. The molecule has 0 bridgehead atoms. The highest BCUT2D eigenvalue weighted by Crippen LogP contribution is 2.31. The third-order valence-electron chi connectivity index (χ3n) is 2.86. The zero-order chi connectivity index (χ0) is 14.1. The summed E-state index contributed by atoms with van der Waals surface area (Å²) in [6, 6.07) is 11.4. The highest BCUT2D eigenvalue weighted by molar-refractivity contribution is 7.22. The monoisotopic (exact) mass is 322 g/mol. The Hall–Kier alpha value is -1.43. The van der Waals surface area contributed by atoms with Crippen molar-refractivity contribution in [2.75, 3.05) is 11.4 Å². The number of rotatable bonds is 3. The molecule has 20 heavy (non-hydrogen) atoms. The Morgan fingerprint density at radius 2 is 2.05 bits per heavy atom. The van der Waals surface area contributed by atoms with Crippen LogP contribution < -0.4 is 4.90 Å². The van der Waals surface area contributed by atoms with Crippen molar-refractivity contribution in [1.82, 2.24) is 4.98 Å². The predicted octanol–water partition coefficient (Wildman–Crippen LogP) is 4.68. The molecule has 0 unspecified atom stereocenters. The van der Waals surface area contributed by atoms with Gasteiger partial charge in [0.1, 0.15) is 0 Å². The van der Waals surface area contributed by atoms with E-state index in [2.05, 4.69) is 4.98 Å². The van der Waals surface area contributed by atoms with Crippen molar-refractivity contribution >= 4 is 55.5 Å². The highest BCUT2D eigenvalue weighted by Gasteiger charge is 2.20. The fourth-order valence-electron chi connectivity index (χ4n) is 1.90. The number of carbonyl (C=O) groups excluding carboxylic acids is 1. The van der Waals surface area contributed by atoms with Crippen LogP contribution in [0, 0.1) is 0 Å². The number of hydrogen-bond acceptors (Lipinski definition) is 4. The minimum Gasteiger partial charge on any atom is -0.284 e. The van der Waals surface area contributed by atoms with Gasteiger partial charge in [0.05, 0.1) is 19.4 Å². The summed E-state index contributed by atoms with van der Waals surface area (Å²) >= 11 is 8.71. The number of thiazole rings is 1. The van der Waals surface area contributed by atoms with Gasteiger partial charge in [-0.05, 0) is 31.2 Å². The van der Waals surface area contributed by atoms with Gasteiger partial charge in [0.25, 0.3) is 5.91 Å². The summed E-state index contributed by atoms with van der Waals surface area (Å²) in [6.45, 7) is 2.52. The first-order valence-corrected chi connectivity index (χ1v) is 8.13. The molecule has 3 rings (SSSR count). The van der Waals surface area contributed by atoms with E-state index in [1.165, 1.54) is 22.7 Å². The fraction of sp³-hybridized carbons (Fsp3) is 0.143. The number of amides is 1. The second-order valence-electron chi connectivity index (χ2n) is 4.12. The molecule has 0 radical (unpaired) electrons. The summed E-state index contributed by atoms with van der Waals surface area (Å²) in [4.78, 5) is 19.4. The number of fused-ring (bicyclic) bond motifs is 1. The molecule has 2 aromatic heterocycles. The van der Waals surface area contributed by atoms with Gasteiger partial charge < -0.3 is 0 Å². The summed E-state index contributed by atoms with van der Waals surface area (Å²) in [7, 11) is 0. The van der Waals surface area contributed by atoms with E-state index in [1.807, 2.05) is 31.2 Å². The van der Waals surface area contributed by atoms with Crippen LogP contribution in [0.1, 0.15) is 16.6 Å². The van der Waals surface area contributed by atoms with Gasteiger partial charge in [-0.3, -0.25) is 9.69 Å². The van der Waals surface area contributed by atoms with Crippen molar-refractivity contribution in [1.29, 1.82) is 0 Å². The summed E-state index contributed by atoms with van der Waals surface area (Å²) in [6.07, 6.45) is 0. The number of halogens is 1. The van der Waals surface area contributed by atoms with E-state index in [9.17, 15) is 4.79 Å². The molecule has 6 heteroatoms. The number of hydrogen-bond donors (Lipinski definition) is 0. The average molecular weight is 323 g/mol. The van der Waals surface area contributed by atoms with Gasteiger partial charge in [-0.25, -0.2) is 4.98 Å². The lowest BCUT2D eigenvalue weighted by atomic mass is 10.3. The standard InChI is InChI=1S/C14H11ClN2OS2/c1-2-17(13(18)11-7-8-12(15)19-11)14-16-9-5-3-4-6-10(9)20-14/h3-8H,2H2,1H3. The number of anilines is 1. The van der Waals surface area contributed by atoms with Crippen LogP contribution in [0.5, 0.6) is 0 Å².